The molecule has 1 aliphatic rings. The fourth-order valence-corrected chi connectivity index (χ4v) is 3.76. The van der Waals surface area contributed by atoms with Gasteiger partial charge in [0.05, 0.1) is 18.3 Å². The van der Waals surface area contributed by atoms with E-state index in [-0.39, 0.29) is 11.4 Å². The standard InChI is InChI=1S/C19H22N4O2S/c1-3-25-15-7-8-16(21-12-15)17(24)22-14-6-4-5-13(11-14)19(2)9-10-26-18(20)23-19/h4-8,11-12H,3,9-10H2,1-2H3,(H2,20,23)(H,22,24)/t19-/m0/s1. The Morgan fingerprint density at radius 3 is 2.92 bits per heavy atom. The first-order valence-electron chi connectivity index (χ1n) is 8.49. The third kappa shape index (κ3) is 4.16. The van der Waals surface area contributed by atoms with Gasteiger partial charge in [-0.05, 0) is 50.1 Å². The highest BCUT2D eigenvalue weighted by Gasteiger charge is 2.29. The van der Waals surface area contributed by atoms with Gasteiger partial charge in [0.2, 0.25) is 0 Å². The summed E-state index contributed by atoms with van der Waals surface area (Å²) in [4.78, 5) is 21.2. The first kappa shape index (κ1) is 18.3. The van der Waals surface area contributed by atoms with Crippen molar-refractivity contribution >= 4 is 28.5 Å². The van der Waals surface area contributed by atoms with Gasteiger partial charge >= 0.3 is 0 Å². The molecule has 0 saturated carbocycles. The summed E-state index contributed by atoms with van der Waals surface area (Å²) in [7, 11) is 0. The molecule has 2 heterocycles. The van der Waals surface area contributed by atoms with E-state index >= 15 is 0 Å². The summed E-state index contributed by atoms with van der Waals surface area (Å²) in [5.41, 5.74) is 7.60. The molecule has 0 saturated heterocycles. The minimum absolute atomic E-state index is 0.266. The van der Waals surface area contributed by atoms with Gasteiger partial charge in [-0.25, -0.2) is 4.98 Å². The molecule has 1 amide bonds. The van der Waals surface area contributed by atoms with Gasteiger partial charge in [-0.15, -0.1) is 0 Å². The minimum atomic E-state index is -0.368. The number of ether oxygens (including phenoxy) is 1. The maximum Gasteiger partial charge on any atom is 0.274 e. The van der Waals surface area contributed by atoms with Crippen LogP contribution in [0.1, 0.15) is 36.3 Å². The second-order valence-corrected chi connectivity index (χ2v) is 7.28. The number of pyridine rings is 1. The van der Waals surface area contributed by atoms with Gasteiger partial charge in [0.25, 0.3) is 5.91 Å². The Hall–Kier alpha value is -2.54. The van der Waals surface area contributed by atoms with Crippen LogP contribution in [-0.4, -0.2) is 28.4 Å². The van der Waals surface area contributed by atoms with Crippen LogP contribution in [0.2, 0.25) is 0 Å². The van der Waals surface area contributed by atoms with Crippen LogP contribution in [0.15, 0.2) is 47.6 Å². The SMILES string of the molecule is CCOc1ccc(C(=O)Nc2cccc([C@]3(C)CCSC(N)=N3)c2)nc1. The van der Waals surface area contributed by atoms with Gasteiger partial charge in [-0.2, -0.15) is 0 Å². The van der Waals surface area contributed by atoms with Crippen molar-refractivity contribution in [3.8, 4) is 5.75 Å². The molecule has 1 atom stereocenters. The Labute approximate surface area is 157 Å². The number of amidine groups is 1. The average molecular weight is 370 g/mol. The maximum atomic E-state index is 12.4. The highest BCUT2D eigenvalue weighted by Crippen LogP contribution is 2.35. The summed E-state index contributed by atoms with van der Waals surface area (Å²) in [6, 6.07) is 11.1. The summed E-state index contributed by atoms with van der Waals surface area (Å²) in [6.07, 6.45) is 2.45. The van der Waals surface area contributed by atoms with E-state index in [1.165, 1.54) is 0 Å². The van der Waals surface area contributed by atoms with Crippen LogP contribution < -0.4 is 15.8 Å². The molecule has 6 nitrogen and oxygen atoms in total. The Kier molecular flexibility index (Phi) is 5.46. The molecule has 3 rings (SSSR count). The normalized spacial score (nSPS) is 19.5. The van der Waals surface area contributed by atoms with Crippen molar-refractivity contribution in [1.29, 1.82) is 0 Å². The Morgan fingerprint density at radius 2 is 2.23 bits per heavy atom. The third-order valence-electron chi connectivity index (χ3n) is 4.22. The predicted molar refractivity (Wildman–Crippen MR) is 106 cm³/mol. The molecule has 7 heteroatoms. The van der Waals surface area contributed by atoms with E-state index in [4.69, 9.17) is 10.5 Å². The number of carbonyl (C=O) groups is 1. The maximum absolute atomic E-state index is 12.4. The number of amides is 1. The molecule has 0 radical (unpaired) electrons. The van der Waals surface area contributed by atoms with Crippen LogP contribution in [-0.2, 0) is 5.54 Å². The first-order chi connectivity index (χ1) is 12.5. The second-order valence-electron chi connectivity index (χ2n) is 6.17. The van der Waals surface area contributed by atoms with Crippen LogP contribution in [0.25, 0.3) is 0 Å². The second kappa shape index (κ2) is 7.78. The van der Waals surface area contributed by atoms with Crippen molar-refractivity contribution in [2.45, 2.75) is 25.8 Å². The lowest BCUT2D eigenvalue weighted by atomic mass is 9.89. The van der Waals surface area contributed by atoms with Crippen molar-refractivity contribution in [2.75, 3.05) is 17.7 Å². The zero-order valence-electron chi connectivity index (χ0n) is 14.9. The lowest BCUT2D eigenvalue weighted by Gasteiger charge is -2.30. The van der Waals surface area contributed by atoms with Crippen LogP contribution in [0, 0.1) is 0 Å². The highest BCUT2D eigenvalue weighted by molar-refractivity contribution is 8.13. The summed E-state index contributed by atoms with van der Waals surface area (Å²) < 4.78 is 5.34. The molecule has 1 aliphatic heterocycles. The molecule has 0 bridgehead atoms. The van der Waals surface area contributed by atoms with Crippen LogP contribution in [0.4, 0.5) is 5.69 Å². The molecular formula is C19H22N4O2S. The van der Waals surface area contributed by atoms with Crippen LogP contribution in [0.3, 0.4) is 0 Å². The molecule has 0 unspecified atom stereocenters. The number of nitrogens with two attached hydrogens (primary N) is 1. The van der Waals surface area contributed by atoms with Crippen molar-refractivity contribution in [2.24, 2.45) is 10.7 Å². The van der Waals surface area contributed by atoms with E-state index in [1.807, 2.05) is 31.2 Å². The highest BCUT2D eigenvalue weighted by atomic mass is 32.2. The Morgan fingerprint density at radius 1 is 1.38 bits per heavy atom. The van der Waals surface area contributed by atoms with Gasteiger partial charge in [0.15, 0.2) is 5.17 Å². The number of nitrogens with zero attached hydrogens (tertiary/aromatic N) is 2. The van der Waals surface area contributed by atoms with E-state index in [1.54, 1.807) is 30.1 Å². The minimum Gasteiger partial charge on any atom is -0.492 e. The number of hydrogen-bond donors (Lipinski definition) is 2. The number of anilines is 1. The number of aromatic nitrogens is 1. The van der Waals surface area contributed by atoms with E-state index in [0.717, 1.165) is 17.7 Å². The van der Waals surface area contributed by atoms with Gasteiger partial charge in [0.1, 0.15) is 11.4 Å². The number of aliphatic imine (C=N–C) groups is 1. The van der Waals surface area contributed by atoms with Gasteiger partial charge in [-0.3, -0.25) is 9.79 Å². The quantitative estimate of drug-likeness (QED) is 0.842. The molecular weight excluding hydrogens is 348 g/mol. The van der Waals surface area contributed by atoms with Crippen molar-refractivity contribution < 1.29 is 9.53 Å². The number of rotatable bonds is 5. The molecule has 136 valence electrons. The molecule has 1 aromatic carbocycles. The monoisotopic (exact) mass is 370 g/mol. The Balaban J connectivity index is 1.76. The van der Waals surface area contributed by atoms with Crippen LogP contribution in [0.5, 0.6) is 5.75 Å². The van der Waals surface area contributed by atoms with Crippen molar-refractivity contribution in [3.63, 3.8) is 0 Å². The topological polar surface area (TPSA) is 89.6 Å². The molecule has 26 heavy (non-hydrogen) atoms. The smallest absolute Gasteiger partial charge is 0.274 e. The fourth-order valence-electron chi connectivity index (χ4n) is 2.79. The van der Waals surface area contributed by atoms with E-state index < -0.39 is 0 Å². The molecule has 0 spiro atoms. The molecule has 0 fully saturated rings. The largest absolute Gasteiger partial charge is 0.492 e. The van der Waals surface area contributed by atoms with Crippen molar-refractivity contribution in [3.05, 3.63) is 53.9 Å². The summed E-state index contributed by atoms with van der Waals surface area (Å²) in [5.74, 6) is 1.31. The molecule has 1 aromatic heterocycles. The third-order valence-corrected chi connectivity index (χ3v) is 5.01. The zero-order valence-corrected chi connectivity index (χ0v) is 15.7. The zero-order chi connectivity index (χ0) is 18.6. The summed E-state index contributed by atoms with van der Waals surface area (Å²) in [6.45, 7) is 4.52. The number of hydrogen-bond acceptors (Lipinski definition) is 6. The molecule has 2 aromatic rings. The van der Waals surface area contributed by atoms with Crippen LogP contribution >= 0.6 is 11.8 Å². The summed E-state index contributed by atoms with van der Waals surface area (Å²) >= 11 is 1.57. The lowest BCUT2D eigenvalue weighted by molar-refractivity contribution is 0.102. The Bertz CT molecular complexity index is 823. The number of benzene rings is 1. The van der Waals surface area contributed by atoms with Gasteiger partial charge in [-0.1, -0.05) is 23.9 Å². The van der Waals surface area contributed by atoms with Gasteiger partial charge in [0, 0.05) is 11.4 Å². The number of thioether (sulfide) groups is 1. The van der Waals surface area contributed by atoms with E-state index in [0.29, 0.717) is 28.9 Å². The molecule has 3 N–H and O–H groups in total. The van der Waals surface area contributed by atoms with Crippen molar-refractivity contribution in [1.82, 2.24) is 4.98 Å². The molecule has 0 aliphatic carbocycles. The summed E-state index contributed by atoms with van der Waals surface area (Å²) in [5, 5.41) is 3.49. The van der Waals surface area contributed by atoms with E-state index in [9.17, 15) is 4.79 Å². The average Bonchev–Trinajstić information content (AvgIpc) is 2.63. The van der Waals surface area contributed by atoms with E-state index in [2.05, 4.69) is 22.2 Å². The van der Waals surface area contributed by atoms with Gasteiger partial charge < -0.3 is 15.8 Å². The number of carbonyl (C=O) groups excluding carboxylic acids is 1. The fraction of sp³-hybridized carbons (Fsp3) is 0.316. The first-order valence-corrected chi connectivity index (χ1v) is 9.47. The predicted octanol–water partition coefficient (Wildman–Crippen LogP) is 3.40. The lowest BCUT2D eigenvalue weighted by Crippen LogP contribution is -2.28. The number of nitrogens with one attached hydrogen (secondary N) is 1.